The van der Waals surface area contributed by atoms with Gasteiger partial charge in [-0.25, -0.2) is 0 Å². The van der Waals surface area contributed by atoms with Crippen LogP contribution in [0.3, 0.4) is 0 Å². The number of hydrogen-bond acceptors (Lipinski definition) is 4. The van der Waals surface area contributed by atoms with Crippen LogP contribution in [0.2, 0.25) is 0 Å². The lowest BCUT2D eigenvalue weighted by Gasteiger charge is -2.68. The van der Waals surface area contributed by atoms with Crippen LogP contribution in [0, 0.1) is 56.8 Å². The lowest BCUT2D eigenvalue weighted by atomic mass is 9.34. The first-order valence-electron chi connectivity index (χ1n) is 14.1. The van der Waals surface area contributed by atoms with Gasteiger partial charge in [-0.05, 0) is 89.5 Å². The number of Topliss-reactive ketones (excluding diaryl/α,β-unsaturated/α-hetero) is 1. The summed E-state index contributed by atoms with van der Waals surface area (Å²) in [5, 5.41) is 0. The Hall–Kier alpha value is -2.22. The van der Waals surface area contributed by atoms with Crippen molar-refractivity contribution in [3.8, 4) is 6.57 Å². The normalized spacial score (nSPS) is 45.6. The molecule has 3 fully saturated rings. The van der Waals surface area contributed by atoms with Gasteiger partial charge in [0.05, 0.1) is 12.5 Å². The predicted molar refractivity (Wildman–Crippen MR) is 144 cm³/mol. The summed E-state index contributed by atoms with van der Waals surface area (Å²) < 4.78 is 5.41. The Labute approximate surface area is 222 Å². The standard InChI is InChI=1S/C32H44NO4/c1-27(2)12-14-32(26(36)37-9)15-13-31(7)24(19(32)17-27)21(34)16-23-29(5)18-20(33-8)25(35)28(3,4)22(29)10-11-30(23,31)6/h8,16,18-19,22,24H,10-15,17H2,1-7,9H3/q+1/t19-,22-,24-,29-,30+,31+,32?/m0/s1. The van der Waals surface area contributed by atoms with Crippen LogP contribution in [0.15, 0.2) is 23.4 Å². The molecule has 1 unspecified atom stereocenters. The van der Waals surface area contributed by atoms with Gasteiger partial charge >= 0.3 is 11.7 Å². The van der Waals surface area contributed by atoms with Crippen molar-refractivity contribution < 1.29 is 19.1 Å². The Morgan fingerprint density at radius 3 is 2.27 bits per heavy atom. The highest BCUT2D eigenvalue weighted by atomic mass is 16.5. The van der Waals surface area contributed by atoms with Crippen molar-refractivity contribution in [3.05, 3.63) is 28.3 Å². The lowest BCUT2D eigenvalue weighted by molar-refractivity contribution is -0.191. The van der Waals surface area contributed by atoms with E-state index in [1.807, 2.05) is 26.0 Å². The highest BCUT2D eigenvalue weighted by Crippen LogP contribution is 2.74. The minimum atomic E-state index is -0.620. The number of methoxy groups -OCH3 is 1. The van der Waals surface area contributed by atoms with E-state index in [1.54, 1.807) is 0 Å². The molecule has 0 N–H and O–H groups in total. The molecule has 5 aliphatic rings. The molecule has 0 aromatic rings. The molecule has 200 valence electrons. The van der Waals surface area contributed by atoms with Gasteiger partial charge in [-0.15, -0.1) is 0 Å². The van der Waals surface area contributed by atoms with E-state index in [-0.39, 0.29) is 51.5 Å². The van der Waals surface area contributed by atoms with E-state index in [1.165, 1.54) is 7.11 Å². The van der Waals surface area contributed by atoms with Gasteiger partial charge < -0.3 is 4.74 Å². The Morgan fingerprint density at radius 1 is 1.00 bits per heavy atom. The molecule has 5 aliphatic carbocycles. The zero-order chi connectivity index (χ0) is 27.4. The van der Waals surface area contributed by atoms with Crippen LogP contribution in [0.1, 0.15) is 93.4 Å². The molecule has 5 rings (SSSR count). The third-order valence-corrected chi connectivity index (χ3v) is 12.5. The van der Waals surface area contributed by atoms with Crippen LogP contribution >= 0.6 is 0 Å². The van der Waals surface area contributed by atoms with E-state index in [0.717, 1.165) is 50.5 Å². The highest BCUT2D eigenvalue weighted by Gasteiger charge is 2.71. The first-order chi connectivity index (χ1) is 17.0. The molecule has 0 saturated heterocycles. The van der Waals surface area contributed by atoms with Gasteiger partial charge in [-0.3, -0.25) is 14.4 Å². The van der Waals surface area contributed by atoms with E-state index >= 15 is 0 Å². The Bertz CT molecular complexity index is 1200. The van der Waals surface area contributed by atoms with Crippen LogP contribution in [0.5, 0.6) is 0 Å². The second-order valence-electron chi connectivity index (χ2n) is 14.9. The first kappa shape index (κ1) is 26.4. The van der Waals surface area contributed by atoms with Gasteiger partial charge in [-0.1, -0.05) is 48.5 Å². The number of fused-ring (bicyclic) bond motifs is 7. The van der Waals surface area contributed by atoms with Crippen molar-refractivity contribution in [1.82, 2.24) is 0 Å². The lowest BCUT2D eigenvalue weighted by Crippen LogP contribution is -2.65. The molecule has 0 spiro atoms. The fraction of sp³-hybridized carbons (Fsp3) is 0.750. The van der Waals surface area contributed by atoms with E-state index in [2.05, 4.69) is 39.5 Å². The van der Waals surface area contributed by atoms with Crippen LogP contribution in [0.25, 0.3) is 4.85 Å². The summed E-state index contributed by atoms with van der Waals surface area (Å²) in [6, 6.07) is 0. The molecule has 0 heterocycles. The first-order valence-corrected chi connectivity index (χ1v) is 14.1. The summed E-state index contributed by atoms with van der Waals surface area (Å²) in [7, 11) is 1.49. The summed E-state index contributed by atoms with van der Waals surface area (Å²) in [6.45, 7) is 21.1. The maximum Gasteiger partial charge on any atom is 0.379 e. The number of ketones is 2. The Kier molecular flexibility index (Phi) is 5.47. The van der Waals surface area contributed by atoms with Crippen molar-refractivity contribution in [2.45, 2.75) is 93.4 Å². The number of ether oxygens (including phenoxy) is 1. The summed E-state index contributed by atoms with van der Waals surface area (Å²) in [5.74, 6) is -0.209. The zero-order valence-corrected chi connectivity index (χ0v) is 24.0. The number of carbonyl (C=O) groups is 3. The number of rotatable bonds is 1. The molecule has 5 nitrogen and oxygen atoms in total. The van der Waals surface area contributed by atoms with E-state index in [4.69, 9.17) is 11.3 Å². The molecule has 0 radical (unpaired) electrons. The van der Waals surface area contributed by atoms with E-state index in [9.17, 15) is 14.4 Å². The molecule has 37 heavy (non-hydrogen) atoms. The molecule has 0 amide bonds. The van der Waals surface area contributed by atoms with Crippen molar-refractivity contribution in [2.75, 3.05) is 7.11 Å². The van der Waals surface area contributed by atoms with Crippen molar-refractivity contribution in [3.63, 3.8) is 0 Å². The molecule has 0 aliphatic heterocycles. The van der Waals surface area contributed by atoms with Crippen LogP contribution in [-0.4, -0.2) is 24.6 Å². The fourth-order valence-corrected chi connectivity index (χ4v) is 10.2. The summed E-state index contributed by atoms with van der Waals surface area (Å²) in [4.78, 5) is 44.9. The number of allylic oxidation sites excluding steroid dienone is 4. The Balaban J connectivity index is 1.71. The minimum Gasteiger partial charge on any atom is -0.469 e. The minimum absolute atomic E-state index is 0.0159. The van der Waals surface area contributed by atoms with Crippen LogP contribution in [-0.2, 0) is 19.1 Å². The van der Waals surface area contributed by atoms with Crippen molar-refractivity contribution >= 4 is 17.5 Å². The summed E-state index contributed by atoms with van der Waals surface area (Å²) in [6.07, 6.45) is 9.85. The molecule has 5 heteroatoms. The zero-order valence-electron chi connectivity index (χ0n) is 24.0. The predicted octanol–water partition coefficient (Wildman–Crippen LogP) is 6.78. The highest BCUT2D eigenvalue weighted by molar-refractivity contribution is 6.03. The maximum absolute atomic E-state index is 14.4. The number of nitrogens with zero attached hydrogens (tertiary/aromatic N) is 1. The van der Waals surface area contributed by atoms with Crippen molar-refractivity contribution in [2.24, 2.45) is 50.2 Å². The molecule has 0 aromatic heterocycles. The fourth-order valence-electron chi connectivity index (χ4n) is 10.2. The molecular formula is C32H44NO4+. The quantitative estimate of drug-likeness (QED) is 0.368. The SMILES string of the molecule is C#[N+]C1=C[C@]2(C)C3=CC(=O)[C@@H]4[C@@H]5CC(C)(C)CCC5(C(=O)OC)CC[C@@]4(C)[C@]3(C)CC[C@H]2C(C)(C)C1=O. The number of esters is 1. The van der Waals surface area contributed by atoms with Gasteiger partial charge in [0.2, 0.25) is 0 Å². The second-order valence-corrected chi connectivity index (χ2v) is 14.9. The van der Waals surface area contributed by atoms with Gasteiger partial charge in [0.25, 0.3) is 12.4 Å². The van der Waals surface area contributed by atoms with Crippen LogP contribution < -0.4 is 0 Å². The number of hydrogen-bond donors (Lipinski definition) is 0. The average Bonchev–Trinajstić information content (AvgIpc) is 2.82. The van der Waals surface area contributed by atoms with Gasteiger partial charge in [-0.2, -0.15) is 0 Å². The average molecular weight is 507 g/mol. The van der Waals surface area contributed by atoms with Gasteiger partial charge in [0.1, 0.15) is 0 Å². The topological polar surface area (TPSA) is 64.8 Å². The van der Waals surface area contributed by atoms with E-state index < -0.39 is 16.2 Å². The molecule has 3 saturated carbocycles. The molecule has 0 bridgehead atoms. The van der Waals surface area contributed by atoms with Crippen LogP contribution in [0.4, 0.5) is 0 Å². The van der Waals surface area contributed by atoms with Gasteiger partial charge in [0.15, 0.2) is 5.78 Å². The Morgan fingerprint density at radius 2 is 1.65 bits per heavy atom. The molecule has 0 aromatic carbocycles. The van der Waals surface area contributed by atoms with Crippen molar-refractivity contribution in [1.29, 1.82) is 0 Å². The molecular weight excluding hydrogens is 462 g/mol. The smallest absolute Gasteiger partial charge is 0.379 e. The van der Waals surface area contributed by atoms with Gasteiger partial charge in [0, 0.05) is 22.8 Å². The number of carbonyl (C=O) groups excluding carboxylic acids is 3. The third kappa shape index (κ3) is 3.11. The largest absolute Gasteiger partial charge is 0.469 e. The third-order valence-electron chi connectivity index (χ3n) is 12.5. The summed E-state index contributed by atoms with van der Waals surface area (Å²) >= 11 is 0. The maximum atomic E-state index is 14.4. The molecule has 7 atom stereocenters. The monoisotopic (exact) mass is 506 g/mol. The van der Waals surface area contributed by atoms with E-state index in [0.29, 0.717) is 5.70 Å². The second kappa shape index (κ2) is 7.67. The summed E-state index contributed by atoms with van der Waals surface area (Å²) in [5.41, 5.74) is -0.719.